The summed E-state index contributed by atoms with van der Waals surface area (Å²) < 4.78 is 0. The zero-order valence-electron chi connectivity index (χ0n) is 10.3. The molecule has 2 atom stereocenters. The number of benzene rings is 1. The first-order chi connectivity index (χ1) is 8.34. The van der Waals surface area contributed by atoms with Crippen molar-refractivity contribution in [1.29, 1.82) is 0 Å². The van der Waals surface area contributed by atoms with Crippen molar-refractivity contribution >= 4 is 23.2 Å². The molecule has 0 bridgehead atoms. The number of nitrogens with two attached hydrogens (primary N) is 1. The lowest BCUT2D eigenvalue weighted by Crippen LogP contribution is -2.34. The molecule has 18 heavy (non-hydrogen) atoms. The molecule has 0 aliphatic rings. The van der Waals surface area contributed by atoms with Gasteiger partial charge < -0.3 is 21.3 Å². The third kappa shape index (κ3) is 3.35. The van der Waals surface area contributed by atoms with Crippen LogP contribution in [0.5, 0.6) is 0 Å². The first-order valence-electron chi connectivity index (χ1n) is 5.49. The summed E-state index contributed by atoms with van der Waals surface area (Å²) in [6.07, 6.45) is -2.31. The summed E-state index contributed by atoms with van der Waals surface area (Å²) in [5.74, 6) is -0.277. The number of hydrogen-bond donors (Lipinski definition) is 4. The van der Waals surface area contributed by atoms with Gasteiger partial charge in [0.05, 0.1) is 5.02 Å². The Bertz CT molecular complexity index is 451. The predicted molar refractivity (Wildman–Crippen MR) is 70.3 cm³/mol. The summed E-state index contributed by atoms with van der Waals surface area (Å²) in [4.78, 5) is 10.7. The molecule has 0 radical (unpaired) electrons. The van der Waals surface area contributed by atoms with Crippen molar-refractivity contribution in [3.05, 3.63) is 28.3 Å². The van der Waals surface area contributed by atoms with E-state index in [0.29, 0.717) is 21.8 Å². The van der Waals surface area contributed by atoms with Gasteiger partial charge in [-0.1, -0.05) is 17.7 Å². The van der Waals surface area contributed by atoms with Gasteiger partial charge in [-0.3, -0.25) is 4.79 Å². The van der Waals surface area contributed by atoms with Gasteiger partial charge in [0, 0.05) is 24.7 Å². The van der Waals surface area contributed by atoms with E-state index in [1.54, 1.807) is 19.1 Å². The molecule has 1 aromatic rings. The highest BCUT2D eigenvalue weighted by Gasteiger charge is 2.22. The maximum Gasteiger partial charge on any atom is 0.216 e. The van der Waals surface area contributed by atoms with E-state index in [1.807, 2.05) is 0 Å². The molecule has 5 N–H and O–H groups in total. The molecule has 1 aromatic carbocycles. The number of aliphatic hydroxyl groups excluding tert-OH is 2. The molecule has 100 valence electrons. The Balaban J connectivity index is 2.86. The van der Waals surface area contributed by atoms with Gasteiger partial charge in [-0.2, -0.15) is 0 Å². The molecule has 5 nitrogen and oxygen atoms in total. The summed E-state index contributed by atoms with van der Waals surface area (Å²) in [5, 5.41) is 22.5. The van der Waals surface area contributed by atoms with Crippen LogP contribution in [0.4, 0.5) is 5.69 Å². The summed E-state index contributed by atoms with van der Waals surface area (Å²) in [5.41, 5.74) is 7.24. The van der Waals surface area contributed by atoms with Gasteiger partial charge in [0.15, 0.2) is 0 Å². The van der Waals surface area contributed by atoms with Crippen LogP contribution < -0.4 is 11.1 Å². The highest BCUT2D eigenvalue weighted by molar-refractivity contribution is 6.32. The summed E-state index contributed by atoms with van der Waals surface area (Å²) in [6, 6.07) is 3.18. The second-order valence-corrected chi connectivity index (χ2v) is 4.51. The van der Waals surface area contributed by atoms with Crippen LogP contribution >= 0.6 is 11.6 Å². The number of carbonyl (C=O) groups is 1. The van der Waals surface area contributed by atoms with Gasteiger partial charge in [-0.05, 0) is 18.6 Å². The van der Waals surface area contributed by atoms with Gasteiger partial charge in [-0.25, -0.2) is 0 Å². The molecule has 0 aliphatic carbocycles. The fourth-order valence-electron chi connectivity index (χ4n) is 1.52. The molecule has 0 fully saturated rings. The summed E-state index contributed by atoms with van der Waals surface area (Å²) >= 11 is 6.06. The van der Waals surface area contributed by atoms with E-state index < -0.39 is 12.2 Å². The van der Waals surface area contributed by atoms with Gasteiger partial charge in [0.25, 0.3) is 0 Å². The molecule has 0 aliphatic heterocycles. The molecule has 0 saturated heterocycles. The second kappa shape index (κ2) is 6.04. The smallest absolute Gasteiger partial charge is 0.216 e. The standard InChI is InChI=1S/C12H17ClN2O3/c1-6-9(14)4-3-8(11(6)13)12(18)10(17)5-15-7(2)16/h3-4,10,12,17-18H,5,14H2,1-2H3,(H,15,16). The van der Waals surface area contributed by atoms with E-state index in [1.165, 1.54) is 6.92 Å². The van der Waals surface area contributed by atoms with Crippen molar-refractivity contribution in [3.63, 3.8) is 0 Å². The number of amides is 1. The Labute approximate surface area is 111 Å². The van der Waals surface area contributed by atoms with Crippen molar-refractivity contribution in [1.82, 2.24) is 5.32 Å². The van der Waals surface area contributed by atoms with Gasteiger partial charge in [0.2, 0.25) is 5.91 Å². The Morgan fingerprint density at radius 1 is 1.50 bits per heavy atom. The van der Waals surface area contributed by atoms with Crippen molar-refractivity contribution in [2.24, 2.45) is 0 Å². The zero-order valence-corrected chi connectivity index (χ0v) is 11.0. The van der Waals surface area contributed by atoms with Crippen LogP contribution in [0.2, 0.25) is 5.02 Å². The minimum absolute atomic E-state index is 0.0454. The number of anilines is 1. The zero-order chi connectivity index (χ0) is 13.9. The van der Waals surface area contributed by atoms with E-state index in [2.05, 4.69) is 5.32 Å². The fraction of sp³-hybridized carbons (Fsp3) is 0.417. The first kappa shape index (κ1) is 14.8. The largest absolute Gasteiger partial charge is 0.398 e. The van der Waals surface area contributed by atoms with Gasteiger partial charge >= 0.3 is 0 Å². The van der Waals surface area contributed by atoms with Crippen LogP contribution in [0.3, 0.4) is 0 Å². The Hall–Kier alpha value is -1.30. The minimum Gasteiger partial charge on any atom is -0.398 e. The van der Waals surface area contributed by atoms with E-state index in [0.717, 1.165) is 0 Å². The normalized spacial score (nSPS) is 14.1. The van der Waals surface area contributed by atoms with Crippen molar-refractivity contribution in [2.45, 2.75) is 26.1 Å². The second-order valence-electron chi connectivity index (χ2n) is 4.13. The lowest BCUT2D eigenvalue weighted by atomic mass is 10.0. The fourth-order valence-corrected chi connectivity index (χ4v) is 1.80. The average molecular weight is 273 g/mol. The summed E-state index contributed by atoms with van der Waals surface area (Å²) in [6.45, 7) is 3.02. The lowest BCUT2D eigenvalue weighted by molar-refractivity contribution is -0.119. The predicted octanol–water partition coefficient (Wildman–Crippen LogP) is 0.761. The van der Waals surface area contributed by atoms with E-state index >= 15 is 0 Å². The van der Waals surface area contributed by atoms with Crippen LogP contribution in [0.1, 0.15) is 24.2 Å². The number of halogens is 1. The quantitative estimate of drug-likeness (QED) is 0.609. The number of aliphatic hydroxyl groups is 2. The number of rotatable bonds is 4. The van der Waals surface area contributed by atoms with E-state index in [4.69, 9.17) is 17.3 Å². The first-order valence-corrected chi connectivity index (χ1v) is 5.87. The molecular formula is C12H17ClN2O3. The minimum atomic E-state index is -1.18. The lowest BCUT2D eigenvalue weighted by Gasteiger charge is -2.20. The van der Waals surface area contributed by atoms with E-state index in [9.17, 15) is 15.0 Å². The topological polar surface area (TPSA) is 95.6 Å². The Kier molecular flexibility index (Phi) is 4.95. The van der Waals surface area contributed by atoms with Crippen molar-refractivity contribution in [2.75, 3.05) is 12.3 Å². The molecule has 0 heterocycles. The van der Waals surface area contributed by atoms with Crippen molar-refractivity contribution < 1.29 is 15.0 Å². The number of carbonyl (C=O) groups excluding carboxylic acids is 1. The maximum atomic E-state index is 10.7. The Morgan fingerprint density at radius 3 is 2.67 bits per heavy atom. The SMILES string of the molecule is CC(=O)NCC(O)C(O)c1ccc(N)c(C)c1Cl. The maximum absolute atomic E-state index is 10.7. The van der Waals surface area contributed by atoms with Crippen LogP contribution in [0.25, 0.3) is 0 Å². The molecule has 2 unspecified atom stereocenters. The van der Waals surface area contributed by atoms with Gasteiger partial charge in [0.1, 0.15) is 12.2 Å². The van der Waals surface area contributed by atoms with Crippen LogP contribution in [-0.4, -0.2) is 28.8 Å². The molecule has 6 heteroatoms. The van der Waals surface area contributed by atoms with Gasteiger partial charge in [-0.15, -0.1) is 0 Å². The number of nitrogen functional groups attached to an aromatic ring is 1. The highest BCUT2D eigenvalue weighted by Crippen LogP contribution is 2.31. The Morgan fingerprint density at radius 2 is 2.11 bits per heavy atom. The molecule has 0 aromatic heterocycles. The average Bonchev–Trinajstić information content (AvgIpc) is 2.32. The molecule has 0 spiro atoms. The van der Waals surface area contributed by atoms with Crippen molar-refractivity contribution in [3.8, 4) is 0 Å². The summed E-state index contributed by atoms with van der Waals surface area (Å²) in [7, 11) is 0. The van der Waals surface area contributed by atoms with Crippen LogP contribution in [0.15, 0.2) is 12.1 Å². The molecule has 0 saturated carbocycles. The monoisotopic (exact) mass is 272 g/mol. The molecular weight excluding hydrogens is 256 g/mol. The van der Waals surface area contributed by atoms with Crippen LogP contribution in [0, 0.1) is 6.92 Å². The third-order valence-electron chi connectivity index (χ3n) is 2.70. The van der Waals surface area contributed by atoms with E-state index in [-0.39, 0.29) is 12.5 Å². The molecule has 1 rings (SSSR count). The number of hydrogen-bond acceptors (Lipinski definition) is 4. The highest BCUT2D eigenvalue weighted by atomic mass is 35.5. The third-order valence-corrected chi connectivity index (χ3v) is 3.20. The number of nitrogens with one attached hydrogen (secondary N) is 1. The molecule has 1 amide bonds. The van der Waals surface area contributed by atoms with Crippen LogP contribution in [-0.2, 0) is 4.79 Å².